The van der Waals surface area contributed by atoms with Gasteiger partial charge in [-0.1, -0.05) is 62.8 Å². The Kier molecular flexibility index (Phi) is 11.1. The van der Waals surface area contributed by atoms with Crippen LogP contribution in [0.1, 0.15) is 38.7 Å². The molecule has 1 aromatic carbocycles. The number of thioether (sulfide) groups is 1. The van der Waals surface area contributed by atoms with Gasteiger partial charge in [-0.15, -0.1) is 24.9 Å². The van der Waals surface area contributed by atoms with Crippen molar-refractivity contribution in [1.29, 1.82) is 0 Å². The highest BCUT2D eigenvalue weighted by Crippen LogP contribution is 2.67. The van der Waals surface area contributed by atoms with Gasteiger partial charge < -0.3 is 24.5 Å². The van der Waals surface area contributed by atoms with Crippen molar-refractivity contribution in [3.63, 3.8) is 0 Å². The molecule has 7 atom stereocenters. The van der Waals surface area contributed by atoms with Crippen LogP contribution < -0.4 is 0 Å². The van der Waals surface area contributed by atoms with Gasteiger partial charge in [0.05, 0.1) is 42.4 Å². The van der Waals surface area contributed by atoms with Crippen LogP contribution in [-0.4, -0.2) is 124 Å². The zero-order valence-electron chi connectivity index (χ0n) is 26.9. The van der Waals surface area contributed by atoms with Crippen molar-refractivity contribution >= 4 is 29.5 Å². The number of carbonyl (C=O) groups excluding carboxylic acids is 3. The monoisotopic (exact) mass is 638 g/mol. The van der Waals surface area contributed by atoms with E-state index in [1.165, 1.54) is 0 Å². The molecular weight excluding hydrogens is 588 g/mol. The summed E-state index contributed by atoms with van der Waals surface area (Å²) in [5.74, 6) is -1.48. The fraction of sp³-hybridized carbons (Fsp3) is 0.629. The van der Waals surface area contributed by atoms with Gasteiger partial charge in [0.15, 0.2) is 0 Å². The lowest BCUT2D eigenvalue weighted by Crippen LogP contribution is -2.59. The van der Waals surface area contributed by atoms with Crippen LogP contribution in [0.4, 0.5) is 0 Å². The Morgan fingerprint density at radius 2 is 1.82 bits per heavy atom. The predicted molar refractivity (Wildman–Crippen MR) is 177 cm³/mol. The molecule has 5 rings (SSSR count). The van der Waals surface area contributed by atoms with Crippen LogP contribution in [0.3, 0.4) is 0 Å². The Morgan fingerprint density at radius 3 is 2.47 bits per heavy atom. The van der Waals surface area contributed by atoms with Crippen molar-refractivity contribution in [2.45, 2.75) is 61.7 Å². The maximum absolute atomic E-state index is 14.8. The first kappa shape index (κ1) is 33.7. The van der Waals surface area contributed by atoms with Crippen molar-refractivity contribution in [3.05, 3.63) is 61.2 Å². The molecule has 4 aliphatic heterocycles. The van der Waals surface area contributed by atoms with E-state index in [9.17, 15) is 19.5 Å². The van der Waals surface area contributed by atoms with Crippen LogP contribution in [-0.2, 0) is 25.7 Å². The number of fused-ring (bicyclic) bond motifs is 1. The molecule has 1 N–H and O–H groups in total. The summed E-state index contributed by atoms with van der Waals surface area (Å²) in [5, 5.41) is 10.7. The van der Waals surface area contributed by atoms with Crippen LogP contribution in [0, 0.1) is 17.8 Å². The Balaban J connectivity index is 1.49. The molecule has 4 heterocycles. The van der Waals surface area contributed by atoms with Crippen molar-refractivity contribution in [3.8, 4) is 0 Å². The average molecular weight is 639 g/mol. The molecule has 9 nitrogen and oxygen atoms in total. The molecule has 0 aromatic heterocycles. The third-order valence-electron chi connectivity index (χ3n) is 10.4. The number of aliphatic hydroxyl groups excluding tert-OH is 1. The van der Waals surface area contributed by atoms with Crippen LogP contribution in [0.5, 0.6) is 0 Å². The summed E-state index contributed by atoms with van der Waals surface area (Å²) >= 11 is 1.68. The molecular formula is C35H50N4O5S. The molecule has 4 aliphatic rings. The lowest BCUT2D eigenvalue weighted by molar-refractivity contribution is -0.148. The number of morpholine rings is 1. The molecule has 0 radical (unpaired) electrons. The summed E-state index contributed by atoms with van der Waals surface area (Å²) in [6.07, 6.45) is 5.70. The van der Waals surface area contributed by atoms with Gasteiger partial charge in [0.1, 0.15) is 6.04 Å². The number of ether oxygens (including phenoxy) is 1. The summed E-state index contributed by atoms with van der Waals surface area (Å²) in [4.78, 5) is 51.7. The molecule has 4 fully saturated rings. The summed E-state index contributed by atoms with van der Waals surface area (Å²) in [6.45, 7) is 17.1. The minimum atomic E-state index is -0.749. The van der Waals surface area contributed by atoms with Gasteiger partial charge in [0.25, 0.3) is 0 Å². The first-order valence-electron chi connectivity index (χ1n) is 16.5. The number of amides is 3. The molecule has 1 aromatic rings. The number of benzene rings is 1. The van der Waals surface area contributed by atoms with Crippen molar-refractivity contribution in [1.82, 2.24) is 19.6 Å². The topological polar surface area (TPSA) is 93.6 Å². The van der Waals surface area contributed by atoms with Crippen molar-refractivity contribution < 1.29 is 24.2 Å². The van der Waals surface area contributed by atoms with Crippen LogP contribution in [0.25, 0.3) is 0 Å². The lowest BCUT2D eigenvalue weighted by Gasteiger charge is -2.41. The third-order valence-corrected chi connectivity index (χ3v) is 12.4. The molecule has 4 saturated heterocycles. The van der Waals surface area contributed by atoms with Gasteiger partial charge in [-0.2, -0.15) is 0 Å². The number of rotatable bonds is 15. The lowest BCUT2D eigenvalue weighted by atomic mass is 9.70. The fourth-order valence-corrected chi connectivity index (χ4v) is 10.1. The highest BCUT2D eigenvalue weighted by Gasteiger charge is 2.74. The number of hydrogen-bond acceptors (Lipinski definition) is 7. The molecule has 2 bridgehead atoms. The van der Waals surface area contributed by atoms with Gasteiger partial charge in [-0.25, -0.2) is 0 Å². The summed E-state index contributed by atoms with van der Waals surface area (Å²) in [6, 6.07) is 8.61. The molecule has 45 heavy (non-hydrogen) atoms. The number of likely N-dealkylation sites (tertiary alicyclic amines) is 1. The van der Waals surface area contributed by atoms with E-state index in [4.69, 9.17) is 4.74 Å². The normalized spacial score (nSPS) is 28.9. The van der Waals surface area contributed by atoms with Gasteiger partial charge in [-0.3, -0.25) is 19.3 Å². The standard InChI is InChI=1S/C35H50N4O5S/c1-5-15-37(18-17-36-19-21-44-22-20-36)34(43)31-35-14-13-28(45-35)29(30(35)33(42)39(31)27(24-40)25(4)7-3)32(41)38(16-6-2)23-26-11-9-8-10-12-26/h5-6,8-12,25,27-31,40H,1-2,7,13-24H2,3-4H3/t25-,27-,28-,29+,30-,31?,35?/m0/s1. The van der Waals surface area contributed by atoms with E-state index in [1.54, 1.807) is 33.7 Å². The maximum atomic E-state index is 14.8. The molecule has 3 amide bonds. The van der Waals surface area contributed by atoms with Gasteiger partial charge in [0, 0.05) is 51.1 Å². The second kappa shape index (κ2) is 14.8. The number of hydrogen-bond donors (Lipinski definition) is 1. The summed E-state index contributed by atoms with van der Waals surface area (Å²) in [7, 11) is 0. The van der Waals surface area contributed by atoms with E-state index >= 15 is 0 Å². The number of aliphatic hydroxyl groups is 1. The molecule has 1 spiro atoms. The van der Waals surface area contributed by atoms with Crippen LogP contribution in [0.15, 0.2) is 55.6 Å². The van der Waals surface area contributed by atoms with E-state index in [1.807, 2.05) is 49.1 Å². The van der Waals surface area contributed by atoms with Crippen molar-refractivity contribution in [2.24, 2.45) is 17.8 Å². The highest BCUT2D eigenvalue weighted by atomic mass is 32.2. The smallest absolute Gasteiger partial charge is 0.247 e. The van der Waals surface area contributed by atoms with E-state index in [-0.39, 0.29) is 35.5 Å². The fourth-order valence-electron chi connectivity index (χ4n) is 7.93. The first-order chi connectivity index (χ1) is 21.8. The largest absolute Gasteiger partial charge is 0.394 e. The zero-order chi connectivity index (χ0) is 32.1. The second-order valence-electron chi connectivity index (χ2n) is 13.0. The quantitative estimate of drug-likeness (QED) is 0.295. The van der Waals surface area contributed by atoms with E-state index in [0.717, 1.165) is 31.5 Å². The SMILES string of the molecule is C=CCN(CCN1CCOCC1)C(=O)C1N([C@@H](CO)[C@@H](C)CC)C(=O)[C@@H]2[C@H](C(=O)N(CC=C)Cc3ccccc3)[C@@H]3CCC12S3. The Bertz CT molecular complexity index is 1230. The summed E-state index contributed by atoms with van der Waals surface area (Å²) < 4.78 is 4.79. The Morgan fingerprint density at radius 1 is 1.13 bits per heavy atom. The Labute approximate surface area is 272 Å². The van der Waals surface area contributed by atoms with Crippen molar-refractivity contribution in [2.75, 3.05) is 59.1 Å². The van der Waals surface area contributed by atoms with E-state index in [2.05, 4.69) is 18.1 Å². The average Bonchev–Trinajstić information content (AvgIpc) is 3.71. The van der Waals surface area contributed by atoms with Crippen LogP contribution in [0.2, 0.25) is 0 Å². The molecule has 2 unspecified atom stereocenters. The minimum Gasteiger partial charge on any atom is -0.394 e. The van der Waals surface area contributed by atoms with Gasteiger partial charge in [-0.05, 0) is 24.3 Å². The minimum absolute atomic E-state index is 0.0163. The molecule has 10 heteroatoms. The number of carbonyl (C=O) groups is 3. The Hall–Kier alpha value is -2.66. The first-order valence-corrected chi connectivity index (χ1v) is 17.4. The number of nitrogens with zero attached hydrogens (tertiary/aromatic N) is 4. The second-order valence-corrected chi connectivity index (χ2v) is 14.6. The van der Waals surface area contributed by atoms with Crippen LogP contribution >= 0.6 is 11.8 Å². The summed E-state index contributed by atoms with van der Waals surface area (Å²) in [5.41, 5.74) is 1.02. The third kappa shape index (κ3) is 6.48. The van der Waals surface area contributed by atoms with E-state index in [0.29, 0.717) is 52.4 Å². The highest BCUT2D eigenvalue weighted by molar-refractivity contribution is 8.02. The predicted octanol–water partition coefficient (Wildman–Crippen LogP) is 3.05. The van der Waals surface area contributed by atoms with Gasteiger partial charge in [0.2, 0.25) is 17.7 Å². The van der Waals surface area contributed by atoms with Gasteiger partial charge >= 0.3 is 0 Å². The zero-order valence-corrected chi connectivity index (χ0v) is 27.7. The van der Waals surface area contributed by atoms with E-state index < -0.39 is 28.7 Å². The molecule has 246 valence electrons. The maximum Gasteiger partial charge on any atom is 0.247 e. The molecule has 0 saturated carbocycles. The molecule has 0 aliphatic carbocycles.